The monoisotopic (exact) mass is 411 g/mol. The number of imide groups is 1. The first-order chi connectivity index (χ1) is 14.4. The summed E-state index contributed by atoms with van der Waals surface area (Å²) in [5, 5.41) is 5.44. The van der Waals surface area contributed by atoms with Crippen LogP contribution in [0.4, 0.5) is 4.79 Å². The molecule has 0 aromatic heterocycles. The van der Waals surface area contributed by atoms with Crippen LogP contribution in [0.5, 0.6) is 11.5 Å². The molecule has 2 N–H and O–H groups in total. The predicted octanol–water partition coefficient (Wildman–Crippen LogP) is 1.87. The van der Waals surface area contributed by atoms with Crippen LogP contribution in [0, 0.1) is 0 Å². The first-order valence-electron chi connectivity index (χ1n) is 9.52. The highest BCUT2D eigenvalue weighted by Crippen LogP contribution is 2.27. The Morgan fingerprint density at radius 3 is 2.43 bits per heavy atom. The van der Waals surface area contributed by atoms with Gasteiger partial charge in [-0.25, -0.2) is 4.79 Å². The summed E-state index contributed by atoms with van der Waals surface area (Å²) in [5.41, 5.74) is 0.520. The Bertz CT molecular complexity index is 944. The fourth-order valence-corrected chi connectivity index (χ4v) is 3.38. The summed E-state index contributed by atoms with van der Waals surface area (Å²) in [6.45, 7) is 1.59. The molecule has 2 aromatic carbocycles. The molecular weight excluding hydrogens is 386 g/mol. The van der Waals surface area contributed by atoms with Gasteiger partial charge in [0.2, 0.25) is 5.91 Å². The smallest absolute Gasteiger partial charge is 0.325 e. The van der Waals surface area contributed by atoms with Crippen molar-refractivity contribution in [1.82, 2.24) is 15.5 Å². The van der Waals surface area contributed by atoms with Crippen LogP contribution in [0.15, 0.2) is 48.5 Å². The lowest BCUT2D eigenvalue weighted by molar-refractivity contribution is -0.134. The molecule has 1 heterocycles. The van der Waals surface area contributed by atoms with Gasteiger partial charge in [0, 0.05) is 13.0 Å². The number of ether oxygens (including phenoxy) is 2. The maximum absolute atomic E-state index is 12.9. The number of urea groups is 1. The Hall–Kier alpha value is -3.55. The number of nitrogens with one attached hydrogen (secondary N) is 2. The lowest BCUT2D eigenvalue weighted by Crippen LogP contribution is -2.46. The van der Waals surface area contributed by atoms with E-state index in [-0.39, 0.29) is 19.5 Å². The van der Waals surface area contributed by atoms with E-state index in [1.807, 2.05) is 30.3 Å². The number of hydrogen-bond donors (Lipinski definition) is 2. The Kier molecular flexibility index (Phi) is 6.25. The Morgan fingerprint density at radius 2 is 1.77 bits per heavy atom. The van der Waals surface area contributed by atoms with Crippen molar-refractivity contribution in [3.63, 3.8) is 0 Å². The molecule has 8 heteroatoms. The highest BCUT2D eigenvalue weighted by molar-refractivity contribution is 6.09. The predicted molar refractivity (Wildman–Crippen MR) is 110 cm³/mol. The van der Waals surface area contributed by atoms with Crippen LogP contribution in [0.3, 0.4) is 0 Å². The summed E-state index contributed by atoms with van der Waals surface area (Å²) in [4.78, 5) is 38.6. The van der Waals surface area contributed by atoms with Crippen molar-refractivity contribution in [3.05, 3.63) is 59.7 Å². The van der Waals surface area contributed by atoms with E-state index in [1.54, 1.807) is 39.3 Å². The summed E-state index contributed by atoms with van der Waals surface area (Å²) >= 11 is 0. The maximum Gasteiger partial charge on any atom is 0.325 e. The van der Waals surface area contributed by atoms with Crippen LogP contribution in [-0.4, -0.2) is 49.0 Å². The number of carbonyl (C=O) groups is 3. The molecule has 1 atom stereocenters. The SMILES string of the molecule is COc1ccc(CNC(=O)CN2C(=O)N[C@](C)(Cc3ccccc3OC)C2=O)cc1. The van der Waals surface area contributed by atoms with Crippen molar-refractivity contribution in [3.8, 4) is 11.5 Å². The first-order valence-corrected chi connectivity index (χ1v) is 9.52. The number of nitrogens with zero attached hydrogens (tertiary/aromatic N) is 1. The molecule has 1 saturated heterocycles. The highest BCUT2D eigenvalue weighted by atomic mass is 16.5. The van der Waals surface area contributed by atoms with Gasteiger partial charge in [-0.2, -0.15) is 0 Å². The van der Waals surface area contributed by atoms with Crippen molar-refractivity contribution < 1.29 is 23.9 Å². The van der Waals surface area contributed by atoms with Crippen molar-refractivity contribution in [2.45, 2.75) is 25.4 Å². The average Bonchev–Trinajstić information content (AvgIpc) is 2.95. The van der Waals surface area contributed by atoms with Crippen LogP contribution in [-0.2, 0) is 22.6 Å². The Balaban J connectivity index is 1.61. The minimum Gasteiger partial charge on any atom is -0.497 e. The standard InChI is InChI=1S/C22H25N3O5/c1-22(12-16-6-4-5-7-18(16)30-3)20(27)25(21(28)24-22)14-19(26)23-13-15-8-10-17(29-2)11-9-15/h4-11H,12-14H2,1-3H3,(H,23,26)(H,24,28)/t22-/m1/s1. The van der Waals surface area contributed by atoms with Crippen LogP contribution < -0.4 is 20.1 Å². The molecule has 3 rings (SSSR count). The fraction of sp³-hybridized carbons (Fsp3) is 0.318. The summed E-state index contributed by atoms with van der Waals surface area (Å²) in [6.07, 6.45) is 0.256. The van der Waals surface area contributed by atoms with E-state index in [4.69, 9.17) is 9.47 Å². The molecule has 30 heavy (non-hydrogen) atoms. The molecule has 1 fully saturated rings. The van der Waals surface area contributed by atoms with Gasteiger partial charge in [-0.05, 0) is 36.2 Å². The molecule has 0 saturated carbocycles. The first kappa shape index (κ1) is 21.2. The third-order valence-electron chi connectivity index (χ3n) is 5.03. The molecular formula is C22H25N3O5. The van der Waals surface area contributed by atoms with Gasteiger partial charge < -0.3 is 20.1 Å². The molecule has 8 nitrogen and oxygen atoms in total. The second-order valence-electron chi connectivity index (χ2n) is 7.27. The maximum atomic E-state index is 12.9. The number of para-hydroxylation sites is 1. The number of methoxy groups -OCH3 is 2. The van der Waals surface area contributed by atoms with Gasteiger partial charge >= 0.3 is 6.03 Å². The van der Waals surface area contributed by atoms with Gasteiger partial charge in [-0.1, -0.05) is 30.3 Å². The average molecular weight is 411 g/mol. The normalized spacial score (nSPS) is 18.2. The zero-order chi connectivity index (χ0) is 21.7. The van der Waals surface area contributed by atoms with E-state index in [0.717, 1.165) is 21.8 Å². The van der Waals surface area contributed by atoms with Gasteiger partial charge in [0.15, 0.2) is 0 Å². The van der Waals surface area contributed by atoms with Crippen molar-refractivity contribution in [2.75, 3.05) is 20.8 Å². The van der Waals surface area contributed by atoms with Crippen molar-refractivity contribution >= 4 is 17.8 Å². The largest absolute Gasteiger partial charge is 0.497 e. The number of hydrogen-bond acceptors (Lipinski definition) is 5. The van der Waals surface area contributed by atoms with Gasteiger partial charge in [0.1, 0.15) is 23.6 Å². The van der Waals surface area contributed by atoms with Gasteiger partial charge in [-0.15, -0.1) is 0 Å². The van der Waals surface area contributed by atoms with Crippen LogP contribution in [0.1, 0.15) is 18.1 Å². The van der Waals surface area contributed by atoms with Crippen LogP contribution >= 0.6 is 0 Å². The van der Waals surface area contributed by atoms with E-state index >= 15 is 0 Å². The quantitative estimate of drug-likeness (QED) is 0.647. The molecule has 2 aromatic rings. The lowest BCUT2D eigenvalue weighted by atomic mass is 9.92. The minimum atomic E-state index is -1.15. The van der Waals surface area contributed by atoms with E-state index < -0.39 is 23.4 Å². The molecule has 0 unspecified atom stereocenters. The third kappa shape index (κ3) is 4.53. The van der Waals surface area contributed by atoms with Crippen LogP contribution in [0.2, 0.25) is 0 Å². The minimum absolute atomic E-state index is 0.256. The number of rotatable bonds is 8. The molecule has 0 spiro atoms. The second-order valence-corrected chi connectivity index (χ2v) is 7.27. The van der Waals surface area contributed by atoms with E-state index in [2.05, 4.69) is 10.6 Å². The zero-order valence-electron chi connectivity index (χ0n) is 17.2. The molecule has 0 bridgehead atoms. The lowest BCUT2D eigenvalue weighted by Gasteiger charge is -2.22. The number of carbonyl (C=O) groups excluding carboxylic acids is 3. The number of amides is 4. The second kappa shape index (κ2) is 8.86. The molecule has 0 aliphatic carbocycles. The molecule has 0 radical (unpaired) electrons. The van der Waals surface area contributed by atoms with E-state index in [0.29, 0.717) is 5.75 Å². The van der Waals surface area contributed by atoms with Gasteiger partial charge in [0.25, 0.3) is 5.91 Å². The van der Waals surface area contributed by atoms with E-state index in [1.165, 1.54) is 0 Å². The summed E-state index contributed by atoms with van der Waals surface area (Å²) in [5.74, 6) is 0.490. The van der Waals surface area contributed by atoms with Crippen molar-refractivity contribution in [2.24, 2.45) is 0 Å². The summed E-state index contributed by atoms with van der Waals surface area (Å²) in [6, 6.07) is 14.0. The van der Waals surface area contributed by atoms with Gasteiger partial charge in [-0.3, -0.25) is 14.5 Å². The summed E-state index contributed by atoms with van der Waals surface area (Å²) < 4.78 is 10.4. The Morgan fingerprint density at radius 1 is 1.07 bits per heavy atom. The molecule has 4 amide bonds. The highest BCUT2D eigenvalue weighted by Gasteiger charge is 2.48. The summed E-state index contributed by atoms with van der Waals surface area (Å²) in [7, 11) is 3.13. The molecule has 158 valence electrons. The van der Waals surface area contributed by atoms with Crippen molar-refractivity contribution in [1.29, 1.82) is 0 Å². The molecule has 1 aliphatic heterocycles. The topological polar surface area (TPSA) is 97.0 Å². The van der Waals surface area contributed by atoms with Gasteiger partial charge in [0.05, 0.1) is 14.2 Å². The fourth-order valence-electron chi connectivity index (χ4n) is 3.38. The third-order valence-corrected chi connectivity index (χ3v) is 5.03. The van der Waals surface area contributed by atoms with E-state index in [9.17, 15) is 14.4 Å². The number of benzene rings is 2. The Labute approximate surface area is 175 Å². The zero-order valence-corrected chi connectivity index (χ0v) is 17.2. The molecule has 1 aliphatic rings. The van der Waals surface area contributed by atoms with Crippen LogP contribution in [0.25, 0.3) is 0 Å².